The molecule has 3 heteroatoms. The van der Waals surface area contributed by atoms with Crippen molar-refractivity contribution in [3.63, 3.8) is 0 Å². The van der Waals surface area contributed by atoms with Gasteiger partial charge < -0.3 is 5.32 Å². The quantitative estimate of drug-likeness (QED) is 0.750. The van der Waals surface area contributed by atoms with Crippen molar-refractivity contribution in [2.75, 3.05) is 11.1 Å². The second-order valence-corrected chi connectivity index (χ2v) is 7.47. The third-order valence-corrected chi connectivity index (χ3v) is 5.39. The van der Waals surface area contributed by atoms with E-state index in [1.807, 2.05) is 0 Å². The van der Waals surface area contributed by atoms with Gasteiger partial charge in [-0.05, 0) is 42.6 Å². The molecule has 0 aliphatic heterocycles. The van der Waals surface area contributed by atoms with Crippen LogP contribution in [-0.4, -0.2) is 11.8 Å². The van der Waals surface area contributed by atoms with Crippen molar-refractivity contribution in [2.45, 2.75) is 57.4 Å². The fraction of sp³-hybridized carbons (Fsp3) is 0.611. The summed E-state index contributed by atoms with van der Waals surface area (Å²) < 4.78 is 0. The van der Waals surface area contributed by atoms with Gasteiger partial charge in [-0.1, -0.05) is 39.7 Å². The first kappa shape index (κ1) is 16.2. The molecule has 1 aliphatic rings. The Morgan fingerprint density at radius 3 is 2.76 bits per heavy atom. The molecule has 2 unspecified atom stereocenters. The van der Waals surface area contributed by atoms with E-state index in [4.69, 9.17) is 0 Å². The smallest absolute Gasteiger partial charge is 0.102 e. The molecule has 0 aromatic heterocycles. The Morgan fingerprint density at radius 2 is 2.10 bits per heavy atom. The van der Waals surface area contributed by atoms with Gasteiger partial charge in [-0.3, -0.25) is 0 Å². The maximum absolute atomic E-state index is 9.53. The maximum atomic E-state index is 9.53. The summed E-state index contributed by atoms with van der Waals surface area (Å²) in [5.41, 5.74) is 1.84. The minimum Gasteiger partial charge on any atom is -0.381 e. The summed E-state index contributed by atoms with van der Waals surface area (Å²) in [6.07, 6.45) is 5.17. The average Bonchev–Trinajstić information content (AvgIpc) is 2.48. The average molecular weight is 302 g/mol. The number of nitrogens with zero attached hydrogens (tertiary/aromatic N) is 1. The number of hydrogen-bond donors (Lipinski definition) is 1. The summed E-state index contributed by atoms with van der Waals surface area (Å²) in [7, 11) is 0. The van der Waals surface area contributed by atoms with Crippen molar-refractivity contribution in [1.29, 1.82) is 5.26 Å². The molecular formula is C18H26N2S. The third kappa shape index (κ3) is 3.95. The molecule has 0 saturated heterocycles. The zero-order valence-corrected chi connectivity index (χ0v) is 14.2. The first-order valence-corrected chi connectivity index (χ1v) is 9.08. The van der Waals surface area contributed by atoms with E-state index in [0.717, 1.165) is 21.9 Å². The lowest BCUT2D eigenvalue weighted by Crippen LogP contribution is -2.35. The molecule has 114 valence electrons. The lowest BCUT2D eigenvalue weighted by Gasteiger charge is -2.35. The number of nitriles is 1. The molecule has 0 heterocycles. The van der Waals surface area contributed by atoms with Crippen molar-refractivity contribution >= 4 is 17.4 Å². The molecule has 1 aromatic rings. The van der Waals surface area contributed by atoms with E-state index >= 15 is 0 Å². The molecule has 2 rings (SSSR count). The van der Waals surface area contributed by atoms with Crippen LogP contribution in [0.15, 0.2) is 23.1 Å². The molecule has 1 saturated carbocycles. The molecule has 1 N–H and O–H groups in total. The van der Waals surface area contributed by atoms with Crippen LogP contribution in [0.5, 0.6) is 0 Å². The summed E-state index contributed by atoms with van der Waals surface area (Å²) in [4.78, 5) is 1.10. The van der Waals surface area contributed by atoms with Gasteiger partial charge in [0.15, 0.2) is 0 Å². The fourth-order valence-electron chi connectivity index (χ4n) is 3.38. The van der Waals surface area contributed by atoms with Crippen molar-refractivity contribution in [3.05, 3.63) is 23.8 Å². The topological polar surface area (TPSA) is 35.8 Å². The molecular weight excluding hydrogens is 276 g/mol. The Labute approximate surface area is 133 Å². The standard InChI is InChI=1S/C18H26N2S/c1-4-21-18-11-7-10-17(15(18)12-19)20-16-9-6-5-8-14(16)13(2)3/h7,10-11,13-14,16,20H,4-6,8-9H2,1-3H3. The van der Waals surface area contributed by atoms with Gasteiger partial charge in [0, 0.05) is 10.9 Å². The molecule has 2 nitrogen and oxygen atoms in total. The number of benzene rings is 1. The second-order valence-electron chi connectivity index (χ2n) is 6.17. The highest BCUT2D eigenvalue weighted by molar-refractivity contribution is 7.99. The summed E-state index contributed by atoms with van der Waals surface area (Å²) in [5.74, 6) is 2.41. The van der Waals surface area contributed by atoms with Crippen LogP contribution in [0.3, 0.4) is 0 Å². The van der Waals surface area contributed by atoms with Crippen LogP contribution in [0.2, 0.25) is 0 Å². The van der Waals surface area contributed by atoms with E-state index in [0.29, 0.717) is 17.9 Å². The molecule has 21 heavy (non-hydrogen) atoms. The zero-order chi connectivity index (χ0) is 15.2. The van der Waals surface area contributed by atoms with Crippen molar-refractivity contribution in [1.82, 2.24) is 0 Å². The Kier molecular flexibility index (Phi) is 5.99. The van der Waals surface area contributed by atoms with Gasteiger partial charge in [-0.25, -0.2) is 0 Å². The van der Waals surface area contributed by atoms with Crippen LogP contribution in [0.25, 0.3) is 0 Å². The normalized spacial score (nSPS) is 22.0. The highest BCUT2D eigenvalue weighted by Crippen LogP contribution is 2.34. The van der Waals surface area contributed by atoms with Crippen LogP contribution < -0.4 is 5.32 Å². The summed E-state index contributed by atoms with van der Waals surface area (Å²) in [5, 5.41) is 13.2. The van der Waals surface area contributed by atoms with Crippen LogP contribution in [0.4, 0.5) is 5.69 Å². The molecule has 1 aliphatic carbocycles. The lowest BCUT2D eigenvalue weighted by molar-refractivity contribution is 0.254. The van der Waals surface area contributed by atoms with Crippen molar-refractivity contribution in [2.24, 2.45) is 11.8 Å². The summed E-state index contributed by atoms with van der Waals surface area (Å²) >= 11 is 1.75. The first-order chi connectivity index (χ1) is 10.2. The van der Waals surface area contributed by atoms with Crippen LogP contribution >= 0.6 is 11.8 Å². The molecule has 0 bridgehead atoms. The van der Waals surface area contributed by atoms with E-state index in [9.17, 15) is 5.26 Å². The van der Waals surface area contributed by atoms with E-state index in [2.05, 4.69) is 50.4 Å². The number of anilines is 1. The van der Waals surface area contributed by atoms with Gasteiger partial charge in [0.2, 0.25) is 0 Å². The van der Waals surface area contributed by atoms with E-state index in [1.165, 1.54) is 25.7 Å². The predicted molar refractivity (Wildman–Crippen MR) is 91.8 cm³/mol. The second kappa shape index (κ2) is 7.75. The fourth-order valence-corrected chi connectivity index (χ4v) is 4.16. The minimum atomic E-state index is 0.507. The van der Waals surface area contributed by atoms with Crippen molar-refractivity contribution in [3.8, 4) is 6.07 Å². The first-order valence-electron chi connectivity index (χ1n) is 8.09. The zero-order valence-electron chi connectivity index (χ0n) is 13.4. The Hall–Kier alpha value is -1.14. The van der Waals surface area contributed by atoms with E-state index < -0.39 is 0 Å². The van der Waals surface area contributed by atoms with Crippen LogP contribution in [0, 0.1) is 23.2 Å². The Morgan fingerprint density at radius 1 is 1.33 bits per heavy atom. The number of rotatable bonds is 5. The van der Waals surface area contributed by atoms with Gasteiger partial charge in [0.25, 0.3) is 0 Å². The molecule has 1 aromatic carbocycles. The Balaban J connectivity index is 2.22. The predicted octanol–water partition coefficient (Wildman–Crippen LogP) is 5.30. The highest BCUT2D eigenvalue weighted by Gasteiger charge is 2.28. The van der Waals surface area contributed by atoms with Gasteiger partial charge in [-0.2, -0.15) is 5.26 Å². The SMILES string of the molecule is CCSc1cccc(NC2CCCCC2C(C)C)c1C#N. The Bertz CT molecular complexity index is 504. The number of hydrogen-bond acceptors (Lipinski definition) is 3. The maximum Gasteiger partial charge on any atom is 0.102 e. The minimum absolute atomic E-state index is 0.507. The summed E-state index contributed by atoms with van der Waals surface area (Å²) in [6, 6.07) is 9.08. The molecule has 0 radical (unpaired) electrons. The van der Waals surface area contributed by atoms with Crippen LogP contribution in [-0.2, 0) is 0 Å². The molecule has 0 amide bonds. The van der Waals surface area contributed by atoms with Gasteiger partial charge >= 0.3 is 0 Å². The molecule has 2 atom stereocenters. The number of nitrogens with one attached hydrogen (secondary N) is 1. The van der Waals surface area contributed by atoms with E-state index in [-0.39, 0.29) is 0 Å². The van der Waals surface area contributed by atoms with Crippen molar-refractivity contribution < 1.29 is 0 Å². The van der Waals surface area contributed by atoms with Gasteiger partial charge in [0.05, 0.1) is 11.3 Å². The van der Waals surface area contributed by atoms with Gasteiger partial charge in [-0.15, -0.1) is 11.8 Å². The van der Waals surface area contributed by atoms with Gasteiger partial charge in [0.1, 0.15) is 6.07 Å². The summed E-state index contributed by atoms with van der Waals surface area (Å²) in [6.45, 7) is 6.76. The lowest BCUT2D eigenvalue weighted by atomic mass is 9.77. The monoisotopic (exact) mass is 302 g/mol. The molecule has 1 fully saturated rings. The number of thioether (sulfide) groups is 1. The largest absolute Gasteiger partial charge is 0.381 e. The van der Waals surface area contributed by atoms with Crippen LogP contribution in [0.1, 0.15) is 52.0 Å². The van der Waals surface area contributed by atoms with E-state index in [1.54, 1.807) is 11.8 Å². The highest BCUT2D eigenvalue weighted by atomic mass is 32.2. The third-order valence-electron chi connectivity index (χ3n) is 4.45. The molecule has 0 spiro atoms.